The highest BCUT2D eigenvalue weighted by molar-refractivity contribution is 5.41. The molecular formula is C15H17FN2. The van der Waals surface area contributed by atoms with E-state index in [-0.39, 0.29) is 0 Å². The first kappa shape index (κ1) is 12.6. The third-order valence-corrected chi connectivity index (χ3v) is 3.00. The van der Waals surface area contributed by atoms with Crippen LogP contribution in [-0.2, 0) is 6.54 Å². The second-order valence-corrected chi connectivity index (χ2v) is 4.58. The first-order chi connectivity index (χ1) is 8.56. The number of anilines is 1. The molecule has 0 aliphatic rings. The van der Waals surface area contributed by atoms with Gasteiger partial charge in [0, 0.05) is 6.54 Å². The molecule has 1 N–H and O–H groups in total. The highest BCUT2D eigenvalue weighted by Gasteiger charge is 2.04. The average molecular weight is 244 g/mol. The lowest BCUT2D eigenvalue weighted by Crippen LogP contribution is -2.05. The highest BCUT2D eigenvalue weighted by atomic mass is 19.1. The topological polar surface area (TPSA) is 24.9 Å². The number of aryl methyl sites for hydroxylation is 3. The largest absolute Gasteiger partial charge is 0.366 e. The summed E-state index contributed by atoms with van der Waals surface area (Å²) in [4.78, 5) is 3.79. The predicted octanol–water partition coefficient (Wildman–Crippen LogP) is 3.76. The van der Waals surface area contributed by atoms with Gasteiger partial charge >= 0.3 is 0 Å². The van der Waals surface area contributed by atoms with Gasteiger partial charge in [0.1, 0.15) is 5.82 Å². The minimum absolute atomic E-state index is 0.461. The average Bonchev–Trinajstić information content (AvgIpc) is 2.27. The molecule has 0 unspecified atom stereocenters. The Morgan fingerprint density at radius 1 is 1.11 bits per heavy atom. The molecule has 3 heteroatoms. The van der Waals surface area contributed by atoms with E-state index in [0.29, 0.717) is 12.4 Å². The molecule has 0 radical (unpaired) electrons. The number of pyridine rings is 1. The van der Waals surface area contributed by atoms with Gasteiger partial charge in [-0.1, -0.05) is 23.8 Å². The molecule has 0 bridgehead atoms. The smallest absolute Gasteiger partial charge is 0.214 e. The Labute approximate surface area is 107 Å². The second kappa shape index (κ2) is 5.17. The van der Waals surface area contributed by atoms with Crippen molar-refractivity contribution in [1.29, 1.82) is 0 Å². The lowest BCUT2D eigenvalue weighted by Gasteiger charge is -2.12. The maximum Gasteiger partial charge on any atom is 0.214 e. The number of aromatic nitrogens is 1. The van der Waals surface area contributed by atoms with Gasteiger partial charge in [0.15, 0.2) is 0 Å². The van der Waals surface area contributed by atoms with E-state index in [1.807, 2.05) is 0 Å². The van der Waals surface area contributed by atoms with Crippen molar-refractivity contribution < 1.29 is 4.39 Å². The van der Waals surface area contributed by atoms with Crippen molar-refractivity contribution in [2.75, 3.05) is 5.32 Å². The van der Waals surface area contributed by atoms with Crippen molar-refractivity contribution in [2.24, 2.45) is 0 Å². The van der Waals surface area contributed by atoms with E-state index in [1.165, 1.54) is 28.3 Å². The number of nitrogens with zero attached hydrogens (tertiary/aromatic N) is 1. The quantitative estimate of drug-likeness (QED) is 0.831. The van der Waals surface area contributed by atoms with Crippen LogP contribution in [0.2, 0.25) is 0 Å². The Kier molecular flexibility index (Phi) is 3.60. The summed E-state index contributed by atoms with van der Waals surface area (Å²) in [7, 11) is 0. The fraction of sp³-hybridized carbons (Fsp3) is 0.267. The number of hydrogen-bond acceptors (Lipinski definition) is 2. The van der Waals surface area contributed by atoms with Crippen LogP contribution < -0.4 is 5.32 Å². The van der Waals surface area contributed by atoms with Crippen molar-refractivity contribution >= 4 is 5.82 Å². The van der Waals surface area contributed by atoms with E-state index in [4.69, 9.17) is 0 Å². The van der Waals surface area contributed by atoms with Crippen LogP contribution in [-0.4, -0.2) is 4.98 Å². The molecule has 18 heavy (non-hydrogen) atoms. The lowest BCUT2D eigenvalue weighted by molar-refractivity contribution is 0.585. The minimum Gasteiger partial charge on any atom is -0.366 e. The number of halogens is 1. The van der Waals surface area contributed by atoms with Crippen molar-refractivity contribution in [1.82, 2.24) is 4.98 Å². The summed E-state index contributed by atoms with van der Waals surface area (Å²) >= 11 is 0. The monoisotopic (exact) mass is 244 g/mol. The molecular weight excluding hydrogens is 227 g/mol. The molecule has 0 aliphatic carbocycles. The van der Waals surface area contributed by atoms with Crippen molar-refractivity contribution in [3.8, 4) is 0 Å². The fourth-order valence-corrected chi connectivity index (χ4v) is 2.17. The molecule has 0 fully saturated rings. The molecule has 0 aliphatic heterocycles. The number of rotatable bonds is 3. The molecule has 1 aromatic heterocycles. The lowest BCUT2D eigenvalue weighted by atomic mass is 10.00. The Morgan fingerprint density at radius 3 is 2.39 bits per heavy atom. The SMILES string of the molecule is Cc1cc(C)c(CNc2cccc(F)n2)c(C)c1. The van der Waals surface area contributed by atoms with Gasteiger partial charge in [0.2, 0.25) is 5.95 Å². The molecule has 0 saturated carbocycles. The van der Waals surface area contributed by atoms with Gasteiger partial charge in [-0.25, -0.2) is 4.98 Å². The van der Waals surface area contributed by atoms with E-state index >= 15 is 0 Å². The maximum atomic E-state index is 13.0. The molecule has 1 heterocycles. The maximum absolute atomic E-state index is 13.0. The third kappa shape index (κ3) is 2.86. The standard InChI is InChI=1S/C15H17FN2/c1-10-7-11(2)13(12(3)8-10)9-17-15-6-4-5-14(16)18-15/h4-8H,9H2,1-3H3,(H,17,18). The summed E-state index contributed by atoms with van der Waals surface area (Å²) in [6.07, 6.45) is 0. The summed E-state index contributed by atoms with van der Waals surface area (Å²) < 4.78 is 13.0. The van der Waals surface area contributed by atoms with Gasteiger partial charge in [0.05, 0.1) is 0 Å². The molecule has 2 aromatic rings. The summed E-state index contributed by atoms with van der Waals surface area (Å²) in [6, 6.07) is 9.07. The van der Waals surface area contributed by atoms with E-state index < -0.39 is 5.95 Å². The molecule has 0 amide bonds. The molecule has 0 saturated heterocycles. The highest BCUT2D eigenvalue weighted by Crippen LogP contribution is 2.17. The zero-order valence-electron chi connectivity index (χ0n) is 10.9. The molecule has 2 rings (SSSR count). The Morgan fingerprint density at radius 2 is 1.78 bits per heavy atom. The predicted molar refractivity (Wildman–Crippen MR) is 72.2 cm³/mol. The van der Waals surface area contributed by atoms with Gasteiger partial charge in [0.25, 0.3) is 0 Å². The van der Waals surface area contributed by atoms with Crippen LogP contribution in [0.15, 0.2) is 30.3 Å². The molecule has 0 atom stereocenters. The molecule has 94 valence electrons. The number of nitrogens with one attached hydrogen (secondary N) is 1. The van der Waals surface area contributed by atoms with Gasteiger partial charge in [-0.2, -0.15) is 4.39 Å². The Balaban J connectivity index is 2.16. The Bertz CT molecular complexity index is 541. The van der Waals surface area contributed by atoms with Crippen molar-refractivity contribution in [2.45, 2.75) is 27.3 Å². The first-order valence-electron chi connectivity index (χ1n) is 5.99. The third-order valence-electron chi connectivity index (χ3n) is 3.00. The van der Waals surface area contributed by atoms with Crippen molar-refractivity contribution in [3.05, 3.63) is 58.5 Å². The van der Waals surface area contributed by atoms with Gasteiger partial charge in [-0.3, -0.25) is 0 Å². The summed E-state index contributed by atoms with van der Waals surface area (Å²) in [5, 5.41) is 3.15. The minimum atomic E-state index is -0.461. The number of hydrogen-bond donors (Lipinski definition) is 1. The summed E-state index contributed by atoms with van der Waals surface area (Å²) in [6.45, 7) is 6.94. The molecule has 0 spiro atoms. The van der Waals surface area contributed by atoms with Crippen LogP contribution in [0.4, 0.5) is 10.2 Å². The van der Waals surface area contributed by atoms with Crippen LogP contribution >= 0.6 is 0 Å². The van der Waals surface area contributed by atoms with Crippen LogP contribution in [0, 0.1) is 26.7 Å². The molecule has 1 aromatic carbocycles. The van der Waals surface area contributed by atoms with Crippen molar-refractivity contribution in [3.63, 3.8) is 0 Å². The van der Waals surface area contributed by atoms with E-state index in [2.05, 4.69) is 43.2 Å². The van der Waals surface area contributed by atoms with Crippen LogP contribution in [0.3, 0.4) is 0 Å². The normalized spacial score (nSPS) is 10.4. The Hall–Kier alpha value is -1.90. The zero-order valence-corrected chi connectivity index (χ0v) is 10.9. The molecule has 2 nitrogen and oxygen atoms in total. The van der Waals surface area contributed by atoms with Gasteiger partial charge in [-0.05, 0) is 49.6 Å². The van der Waals surface area contributed by atoms with Gasteiger partial charge < -0.3 is 5.32 Å². The fourth-order valence-electron chi connectivity index (χ4n) is 2.17. The van der Waals surface area contributed by atoms with Gasteiger partial charge in [-0.15, -0.1) is 0 Å². The van der Waals surface area contributed by atoms with Crippen LogP contribution in [0.25, 0.3) is 0 Å². The summed E-state index contributed by atoms with van der Waals surface area (Å²) in [5.74, 6) is 0.103. The first-order valence-corrected chi connectivity index (χ1v) is 5.99. The zero-order chi connectivity index (χ0) is 13.1. The second-order valence-electron chi connectivity index (χ2n) is 4.58. The van der Waals surface area contributed by atoms with E-state index in [9.17, 15) is 4.39 Å². The van der Waals surface area contributed by atoms with E-state index in [1.54, 1.807) is 12.1 Å². The summed E-state index contributed by atoms with van der Waals surface area (Å²) in [5.41, 5.74) is 5.00. The van der Waals surface area contributed by atoms with Crippen LogP contribution in [0.5, 0.6) is 0 Å². The van der Waals surface area contributed by atoms with E-state index in [0.717, 1.165) is 0 Å². The number of benzene rings is 1. The van der Waals surface area contributed by atoms with Crippen LogP contribution in [0.1, 0.15) is 22.3 Å².